The first kappa shape index (κ1) is 10.8. The first-order valence-electron chi connectivity index (χ1n) is 5.48. The van der Waals surface area contributed by atoms with E-state index in [0.717, 1.165) is 10.8 Å². The van der Waals surface area contributed by atoms with Crippen molar-refractivity contribution in [3.8, 4) is 5.75 Å². The first-order valence-corrected chi connectivity index (χ1v) is 5.86. The highest BCUT2D eigenvalue weighted by Gasteiger charge is 2.21. The Labute approximate surface area is 95.6 Å². The zero-order valence-corrected chi connectivity index (χ0v) is 9.76. The number of methoxy groups -OCH3 is 1. The quantitative estimate of drug-likeness (QED) is 0.822. The molecule has 0 aliphatic carbocycles. The second-order valence-electron chi connectivity index (χ2n) is 4.01. The highest BCUT2D eigenvalue weighted by atomic mass is 35.5. The number of hydrogen-bond donors (Lipinski definition) is 1. The molecule has 0 aromatic heterocycles. The fourth-order valence-electron chi connectivity index (χ4n) is 2.22. The zero-order chi connectivity index (χ0) is 10.7. The molecule has 1 aromatic rings. The first-order chi connectivity index (χ1) is 7.31. The molecular weight excluding hydrogens is 210 g/mol. The molecule has 1 aliphatic heterocycles. The molecule has 0 amide bonds. The number of nitrogens with two attached hydrogens (primary N) is 1. The molecule has 0 spiro atoms. The predicted octanol–water partition coefficient (Wildman–Crippen LogP) is 2.14. The number of rotatable bonds is 2. The minimum atomic E-state index is 0.547. The van der Waals surface area contributed by atoms with Crippen LogP contribution in [0, 0.1) is 0 Å². The monoisotopic (exact) mass is 226 g/mol. The third kappa shape index (κ3) is 2.44. The fraction of sp³-hybridized carbons (Fsp3) is 0.500. The van der Waals surface area contributed by atoms with E-state index in [-0.39, 0.29) is 0 Å². The van der Waals surface area contributed by atoms with E-state index in [9.17, 15) is 0 Å². The van der Waals surface area contributed by atoms with Crippen LogP contribution in [-0.2, 0) is 0 Å². The molecule has 1 aromatic carbocycles. The number of ether oxygens (including phenoxy) is 1. The molecule has 2 N–H and O–H groups in total. The van der Waals surface area contributed by atoms with E-state index in [2.05, 4.69) is 11.4 Å². The molecule has 2 rings (SSSR count). The van der Waals surface area contributed by atoms with E-state index in [1.807, 2.05) is 12.1 Å². The Bertz CT molecular complexity index is 334. The van der Waals surface area contributed by atoms with Gasteiger partial charge in [-0.05, 0) is 31.0 Å². The van der Waals surface area contributed by atoms with Crippen molar-refractivity contribution in [3.05, 3.63) is 28.8 Å². The van der Waals surface area contributed by atoms with Crippen molar-refractivity contribution in [2.24, 2.45) is 0 Å². The van der Waals surface area contributed by atoms with Gasteiger partial charge >= 0.3 is 0 Å². The molecule has 0 unspecified atom stereocenters. The highest BCUT2D eigenvalue weighted by Crippen LogP contribution is 2.29. The van der Waals surface area contributed by atoms with Crippen molar-refractivity contribution >= 4 is 11.6 Å². The van der Waals surface area contributed by atoms with Crippen LogP contribution in [0.4, 0.5) is 0 Å². The van der Waals surface area contributed by atoms with Gasteiger partial charge in [0.15, 0.2) is 0 Å². The van der Waals surface area contributed by atoms with E-state index < -0.39 is 0 Å². The zero-order valence-electron chi connectivity index (χ0n) is 9.00. The summed E-state index contributed by atoms with van der Waals surface area (Å²) in [6, 6.07) is 6.49. The molecule has 1 aliphatic rings. The summed E-state index contributed by atoms with van der Waals surface area (Å²) in [4.78, 5) is 0. The van der Waals surface area contributed by atoms with Crippen LogP contribution in [0.15, 0.2) is 18.2 Å². The van der Waals surface area contributed by atoms with Crippen molar-refractivity contribution in [3.63, 3.8) is 0 Å². The molecule has 0 saturated carbocycles. The Hall–Kier alpha value is -0.730. The Morgan fingerprint density at radius 1 is 1.40 bits per heavy atom. The van der Waals surface area contributed by atoms with E-state index >= 15 is 0 Å². The van der Waals surface area contributed by atoms with Crippen molar-refractivity contribution in [2.45, 2.75) is 25.3 Å². The lowest BCUT2D eigenvalue weighted by Gasteiger charge is -2.22. The topological polar surface area (TPSA) is 25.8 Å². The summed E-state index contributed by atoms with van der Waals surface area (Å²) in [7, 11) is 1.71. The fourth-order valence-corrected chi connectivity index (χ4v) is 2.38. The molecule has 82 valence electrons. The molecule has 1 fully saturated rings. The lowest BCUT2D eigenvalue weighted by Crippen LogP contribution is -2.86. The predicted molar refractivity (Wildman–Crippen MR) is 61.4 cm³/mol. The van der Waals surface area contributed by atoms with Gasteiger partial charge in [0.2, 0.25) is 0 Å². The lowest BCUT2D eigenvalue weighted by atomic mass is 9.97. The molecular formula is C12H17ClNO+. The van der Waals surface area contributed by atoms with Crippen LogP contribution in [0.5, 0.6) is 5.75 Å². The van der Waals surface area contributed by atoms with Crippen LogP contribution in [-0.4, -0.2) is 13.7 Å². The summed E-state index contributed by atoms with van der Waals surface area (Å²) >= 11 is 5.94. The third-order valence-electron chi connectivity index (χ3n) is 3.02. The number of halogens is 1. The van der Waals surface area contributed by atoms with Crippen molar-refractivity contribution in [2.75, 3.05) is 13.7 Å². The van der Waals surface area contributed by atoms with Gasteiger partial charge in [-0.25, -0.2) is 0 Å². The van der Waals surface area contributed by atoms with Gasteiger partial charge in [0.1, 0.15) is 11.8 Å². The summed E-state index contributed by atoms with van der Waals surface area (Å²) in [6.07, 6.45) is 3.87. The molecule has 0 radical (unpaired) electrons. The molecule has 1 heterocycles. The minimum Gasteiger partial charge on any atom is -0.496 e. The summed E-state index contributed by atoms with van der Waals surface area (Å²) < 4.78 is 5.37. The van der Waals surface area contributed by atoms with Gasteiger partial charge in [0, 0.05) is 11.4 Å². The van der Waals surface area contributed by atoms with Crippen LogP contribution in [0.25, 0.3) is 0 Å². The maximum absolute atomic E-state index is 5.94. The maximum Gasteiger partial charge on any atom is 0.129 e. The Morgan fingerprint density at radius 2 is 2.27 bits per heavy atom. The Kier molecular flexibility index (Phi) is 3.49. The van der Waals surface area contributed by atoms with Crippen molar-refractivity contribution in [1.82, 2.24) is 0 Å². The SMILES string of the molecule is COc1cc(Cl)ccc1[C@@H]1CCCC[NH2+]1. The summed E-state index contributed by atoms with van der Waals surface area (Å²) in [5.41, 5.74) is 1.28. The molecule has 1 saturated heterocycles. The molecule has 1 atom stereocenters. The van der Waals surface area contributed by atoms with Crippen LogP contribution < -0.4 is 10.1 Å². The average molecular weight is 227 g/mol. The van der Waals surface area contributed by atoms with Gasteiger partial charge in [0.05, 0.1) is 19.2 Å². The number of hydrogen-bond acceptors (Lipinski definition) is 1. The minimum absolute atomic E-state index is 0.547. The second-order valence-corrected chi connectivity index (χ2v) is 4.45. The van der Waals surface area contributed by atoms with Gasteiger partial charge in [0.25, 0.3) is 0 Å². The summed E-state index contributed by atoms with van der Waals surface area (Å²) in [5.74, 6) is 0.922. The van der Waals surface area contributed by atoms with E-state index in [1.165, 1.54) is 31.4 Å². The van der Waals surface area contributed by atoms with Gasteiger partial charge < -0.3 is 10.1 Å². The van der Waals surface area contributed by atoms with Crippen molar-refractivity contribution in [1.29, 1.82) is 0 Å². The lowest BCUT2D eigenvalue weighted by molar-refractivity contribution is -0.704. The van der Waals surface area contributed by atoms with E-state index in [4.69, 9.17) is 16.3 Å². The highest BCUT2D eigenvalue weighted by molar-refractivity contribution is 6.30. The number of quaternary nitrogens is 1. The second kappa shape index (κ2) is 4.86. The number of benzene rings is 1. The molecule has 2 nitrogen and oxygen atoms in total. The smallest absolute Gasteiger partial charge is 0.129 e. The van der Waals surface area contributed by atoms with Crippen LogP contribution >= 0.6 is 11.6 Å². The largest absolute Gasteiger partial charge is 0.496 e. The summed E-state index contributed by atoms with van der Waals surface area (Å²) in [5, 5.41) is 3.14. The van der Waals surface area contributed by atoms with Crippen LogP contribution in [0.2, 0.25) is 5.02 Å². The maximum atomic E-state index is 5.94. The van der Waals surface area contributed by atoms with E-state index in [0.29, 0.717) is 6.04 Å². The van der Waals surface area contributed by atoms with Crippen LogP contribution in [0.3, 0.4) is 0 Å². The molecule has 3 heteroatoms. The van der Waals surface area contributed by atoms with Crippen molar-refractivity contribution < 1.29 is 10.1 Å². The van der Waals surface area contributed by atoms with Crippen LogP contribution in [0.1, 0.15) is 30.9 Å². The standard InChI is InChI=1S/C12H16ClNO/c1-15-12-8-9(13)5-6-10(12)11-4-2-3-7-14-11/h5-6,8,11,14H,2-4,7H2,1H3/p+1/t11-/m0/s1. The van der Waals surface area contributed by atoms with Gasteiger partial charge in [-0.1, -0.05) is 11.6 Å². The summed E-state index contributed by atoms with van der Waals surface area (Å²) in [6.45, 7) is 1.22. The normalized spacial score (nSPS) is 21.3. The van der Waals surface area contributed by atoms with Gasteiger partial charge in [-0.3, -0.25) is 0 Å². The Morgan fingerprint density at radius 3 is 2.93 bits per heavy atom. The van der Waals surface area contributed by atoms with Gasteiger partial charge in [-0.2, -0.15) is 0 Å². The number of piperidine rings is 1. The molecule has 0 bridgehead atoms. The third-order valence-corrected chi connectivity index (χ3v) is 3.25. The van der Waals surface area contributed by atoms with Gasteiger partial charge in [-0.15, -0.1) is 0 Å². The van der Waals surface area contributed by atoms with E-state index in [1.54, 1.807) is 7.11 Å². The molecule has 15 heavy (non-hydrogen) atoms. The average Bonchev–Trinajstić information content (AvgIpc) is 2.30. The Balaban J connectivity index is 2.25.